The average Bonchev–Trinajstić information content (AvgIpc) is 2.49. The summed E-state index contributed by atoms with van der Waals surface area (Å²) in [5.41, 5.74) is 0.569. The molecule has 1 unspecified atom stereocenters. The van der Waals surface area contributed by atoms with Gasteiger partial charge in [-0.3, -0.25) is 4.79 Å². The van der Waals surface area contributed by atoms with E-state index in [9.17, 15) is 13.6 Å². The molecule has 0 bridgehead atoms. The smallest absolute Gasteiger partial charge is 0.316 e. The van der Waals surface area contributed by atoms with Crippen LogP contribution in [-0.4, -0.2) is 19.7 Å². The van der Waals surface area contributed by atoms with Crippen LogP contribution < -0.4 is 4.74 Å². The molecule has 0 heterocycles. The van der Waals surface area contributed by atoms with Crippen LogP contribution in [0.1, 0.15) is 11.5 Å². The zero-order valence-corrected chi connectivity index (χ0v) is 11.4. The van der Waals surface area contributed by atoms with Gasteiger partial charge < -0.3 is 9.47 Å². The third-order valence-corrected chi connectivity index (χ3v) is 2.97. The molecule has 2 rings (SSSR count). The number of benzene rings is 2. The molecule has 2 aromatic rings. The fourth-order valence-corrected chi connectivity index (χ4v) is 1.87. The maximum Gasteiger partial charge on any atom is 0.316 e. The number of hydrogen-bond acceptors (Lipinski definition) is 3. The molecule has 0 amide bonds. The van der Waals surface area contributed by atoms with Gasteiger partial charge in [-0.05, 0) is 29.8 Å². The number of esters is 1. The Bertz CT molecular complexity index is 611. The maximum absolute atomic E-state index is 13.1. The molecule has 0 aromatic heterocycles. The number of carbonyl (C=O) groups is 1. The molecule has 0 saturated carbocycles. The number of carbonyl (C=O) groups excluding carboxylic acids is 1. The van der Waals surface area contributed by atoms with Crippen molar-refractivity contribution in [2.24, 2.45) is 0 Å². The predicted molar refractivity (Wildman–Crippen MR) is 73.1 cm³/mol. The quantitative estimate of drug-likeness (QED) is 0.793. The molecule has 5 heteroatoms. The van der Waals surface area contributed by atoms with Crippen molar-refractivity contribution in [2.45, 2.75) is 5.92 Å². The Hall–Kier alpha value is -2.43. The van der Waals surface area contributed by atoms with Crippen LogP contribution in [0.3, 0.4) is 0 Å². The van der Waals surface area contributed by atoms with E-state index in [1.807, 2.05) is 0 Å². The standard InChI is InChI=1S/C16H14F2O3/c1-20-16(19)15(11-5-7-12(17)8-6-11)10-21-14-4-2-3-13(18)9-14/h2-9,15H,10H2,1H3. The van der Waals surface area contributed by atoms with Crippen LogP contribution in [0.2, 0.25) is 0 Å². The van der Waals surface area contributed by atoms with E-state index in [-0.39, 0.29) is 6.61 Å². The highest BCUT2D eigenvalue weighted by Gasteiger charge is 2.22. The Morgan fingerprint density at radius 2 is 1.81 bits per heavy atom. The molecule has 110 valence electrons. The van der Waals surface area contributed by atoms with Crippen LogP contribution in [-0.2, 0) is 9.53 Å². The Kier molecular flexibility index (Phi) is 4.87. The maximum atomic E-state index is 13.1. The van der Waals surface area contributed by atoms with Crippen molar-refractivity contribution in [1.29, 1.82) is 0 Å². The molecule has 0 aliphatic heterocycles. The van der Waals surface area contributed by atoms with E-state index in [2.05, 4.69) is 0 Å². The molecule has 0 N–H and O–H groups in total. The second kappa shape index (κ2) is 6.83. The van der Waals surface area contributed by atoms with Gasteiger partial charge in [0.15, 0.2) is 0 Å². The fraction of sp³-hybridized carbons (Fsp3) is 0.188. The second-order valence-corrected chi connectivity index (χ2v) is 4.40. The average molecular weight is 292 g/mol. The van der Waals surface area contributed by atoms with E-state index in [1.165, 1.54) is 49.6 Å². The summed E-state index contributed by atoms with van der Waals surface area (Å²) in [5.74, 6) is -1.72. The Labute approximate surface area is 121 Å². The molecule has 0 spiro atoms. The van der Waals surface area contributed by atoms with Gasteiger partial charge in [-0.15, -0.1) is 0 Å². The van der Waals surface area contributed by atoms with Gasteiger partial charge in [0, 0.05) is 6.07 Å². The van der Waals surface area contributed by atoms with E-state index >= 15 is 0 Å². The summed E-state index contributed by atoms with van der Waals surface area (Å²) < 4.78 is 36.2. The van der Waals surface area contributed by atoms with Gasteiger partial charge in [0.25, 0.3) is 0 Å². The summed E-state index contributed by atoms with van der Waals surface area (Å²) in [6, 6.07) is 11.1. The van der Waals surface area contributed by atoms with Crippen molar-refractivity contribution in [3.05, 3.63) is 65.7 Å². The van der Waals surface area contributed by atoms with Crippen molar-refractivity contribution in [2.75, 3.05) is 13.7 Å². The van der Waals surface area contributed by atoms with Crippen LogP contribution in [0.4, 0.5) is 8.78 Å². The minimum atomic E-state index is -0.709. The summed E-state index contributed by atoms with van der Waals surface area (Å²) in [6.07, 6.45) is 0. The first-order valence-electron chi connectivity index (χ1n) is 6.32. The first kappa shape index (κ1) is 15.0. The Morgan fingerprint density at radius 1 is 1.10 bits per heavy atom. The molecule has 0 fully saturated rings. The summed E-state index contributed by atoms with van der Waals surface area (Å²) in [5, 5.41) is 0. The van der Waals surface area contributed by atoms with Crippen molar-refractivity contribution >= 4 is 5.97 Å². The fourth-order valence-electron chi connectivity index (χ4n) is 1.87. The molecular formula is C16H14F2O3. The van der Waals surface area contributed by atoms with Crippen LogP contribution in [0.5, 0.6) is 5.75 Å². The number of methoxy groups -OCH3 is 1. The van der Waals surface area contributed by atoms with Gasteiger partial charge in [0.1, 0.15) is 29.9 Å². The minimum absolute atomic E-state index is 0.0260. The second-order valence-electron chi connectivity index (χ2n) is 4.40. The Balaban J connectivity index is 2.13. The third kappa shape index (κ3) is 4.02. The van der Waals surface area contributed by atoms with Crippen molar-refractivity contribution < 1.29 is 23.0 Å². The lowest BCUT2D eigenvalue weighted by molar-refractivity contribution is -0.143. The van der Waals surface area contributed by atoms with E-state index < -0.39 is 23.5 Å². The first-order chi connectivity index (χ1) is 10.1. The lowest BCUT2D eigenvalue weighted by Gasteiger charge is -2.16. The van der Waals surface area contributed by atoms with Crippen molar-refractivity contribution in [3.8, 4) is 5.75 Å². The molecule has 0 aliphatic rings. The van der Waals surface area contributed by atoms with E-state index in [1.54, 1.807) is 6.07 Å². The summed E-state index contributed by atoms with van der Waals surface area (Å²) in [4.78, 5) is 11.8. The van der Waals surface area contributed by atoms with Crippen LogP contribution in [0.15, 0.2) is 48.5 Å². The highest BCUT2D eigenvalue weighted by molar-refractivity contribution is 5.78. The molecule has 3 nitrogen and oxygen atoms in total. The molecule has 2 aromatic carbocycles. The third-order valence-electron chi connectivity index (χ3n) is 2.97. The lowest BCUT2D eigenvalue weighted by atomic mass is 10.0. The minimum Gasteiger partial charge on any atom is -0.492 e. The van der Waals surface area contributed by atoms with E-state index in [4.69, 9.17) is 9.47 Å². The predicted octanol–water partition coefficient (Wildman–Crippen LogP) is 3.30. The molecular weight excluding hydrogens is 278 g/mol. The van der Waals surface area contributed by atoms with Crippen molar-refractivity contribution in [3.63, 3.8) is 0 Å². The Morgan fingerprint density at radius 3 is 2.43 bits per heavy atom. The molecule has 21 heavy (non-hydrogen) atoms. The molecule has 0 aliphatic carbocycles. The summed E-state index contributed by atoms with van der Waals surface area (Å²) >= 11 is 0. The van der Waals surface area contributed by atoms with E-state index in [0.717, 1.165) is 0 Å². The zero-order chi connectivity index (χ0) is 15.2. The van der Waals surface area contributed by atoms with Gasteiger partial charge in [-0.2, -0.15) is 0 Å². The van der Waals surface area contributed by atoms with Crippen LogP contribution in [0.25, 0.3) is 0 Å². The number of rotatable bonds is 5. The monoisotopic (exact) mass is 292 g/mol. The highest BCUT2D eigenvalue weighted by atomic mass is 19.1. The first-order valence-corrected chi connectivity index (χ1v) is 6.32. The van der Waals surface area contributed by atoms with Crippen molar-refractivity contribution in [1.82, 2.24) is 0 Å². The van der Waals surface area contributed by atoms with E-state index in [0.29, 0.717) is 11.3 Å². The zero-order valence-electron chi connectivity index (χ0n) is 11.4. The number of ether oxygens (including phenoxy) is 2. The SMILES string of the molecule is COC(=O)C(COc1cccc(F)c1)c1ccc(F)cc1. The lowest BCUT2D eigenvalue weighted by Crippen LogP contribution is -2.21. The normalized spacial score (nSPS) is 11.8. The number of hydrogen-bond donors (Lipinski definition) is 0. The van der Waals surface area contributed by atoms with Gasteiger partial charge in [-0.1, -0.05) is 18.2 Å². The molecule has 0 radical (unpaired) electrons. The molecule has 1 atom stereocenters. The highest BCUT2D eigenvalue weighted by Crippen LogP contribution is 2.21. The van der Waals surface area contributed by atoms with Gasteiger partial charge in [0.2, 0.25) is 0 Å². The van der Waals surface area contributed by atoms with Crippen LogP contribution >= 0.6 is 0 Å². The summed E-state index contributed by atoms with van der Waals surface area (Å²) in [6.45, 7) is -0.0260. The van der Waals surface area contributed by atoms with Gasteiger partial charge in [0.05, 0.1) is 7.11 Å². The summed E-state index contributed by atoms with van der Waals surface area (Å²) in [7, 11) is 1.26. The van der Waals surface area contributed by atoms with Gasteiger partial charge in [-0.25, -0.2) is 8.78 Å². The largest absolute Gasteiger partial charge is 0.492 e. The van der Waals surface area contributed by atoms with Crippen LogP contribution in [0, 0.1) is 11.6 Å². The topological polar surface area (TPSA) is 35.5 Å². The number of halogens is 2. The van der Waals surface area contributed by atoms with Gasteiger partial charge >= 0.3 is 5.97 Å². The molecule has 0 saturated heterocycles.